The van der Waals surface area contributed by atoms with Crippen LogP contribution in [0, 0.1) is 5.82 Å². The molecule has 3 aromatic rings. The number of amides is 1. The van der Waals surface area contributed by atoms with Gasteiger partial charge in [0.1, 0.15) is 10.6 Å². The second kappa shape index (κ2) is 7.17. The minimum absolute atomic E-state index is 0.0249. The van der Waals surface area contributed by atoms with Crippen LogP contribution in [-0.4, -0.2) is 29.2 Å². The van der Waals surface area contributed by atoms with Crippen LogP contribution in [0.25, 0.3) is 5.69 Å². The summed E-state index contributed by atoms with van der Waals surface area (Å²) in [7, 11) is -4.16. The second-order valence-electron chi connectivity index (χ2n) is 5.72. The van der Waals surface area contributed by atoms with Crippen molar-refractivity contribution in [3.63, 3.8) is 0 Å². The normalized spacial score (nSPS) is 11.3. The smallest absolute Gasteiger partial charge is 0.240 e. The lowest BCUT2D eigenvalue weighted by molar-refractivity contribution is -0.115. The summed E-state index contributed by atoms with van der Waals surface area (Å²) in [6.07, 6.45) is 1.96. The molecule has 1 aromatic heterocycles. The molecule has 4 N–H and O–H groups in total. The van der Waals surface area contributed by atoms with E-state index in [9.17, 15) is 22.7 Å². The number of aromatic hydroxyl groups is 1. The van der Waals surface area contributed by atoms with Gasteiger partial charge in [0.2, 0.25) is 15.9 Å². The number of nitrogens with zero attached hydrogens (tertiary/aromatic N) is 2. The van der Waals surface area contributed by atoms with Gasteiger partial charge in [0, 0.05) is 5.69 Å². The zero-order chi connectivity index (χ0) is 19.6. The Balaban J connectivity index is 1.86. The molecule has 10 heteroatoms. The minimum Gasteiger partial charge on any atom is -0.508 e. The lowest BCUT2D eigenvalue weighted by Gasteiger charge is -2.11. The average Bonchev–Trinajstić information content (AvgIpc) is 3.02. The van der Waals surface area contributed by atoms with Crippen molar-refractivity contribution in [3.05, 3.63) is 66.2 Å². The highest BCUT2D eigenvalue weighted by Crippen LogP contribution is 2.23. The molecule has 2 aromatic carbocycles. The van der Waals surface area contributed by atoms with E-state index in [4.69, 9.17) is 5.14 Å². The van der Waals surface area contributed by atoms with Crippen LogP contribution < -0.4 is 10.5 Å². The van der Waals surface area contributed by atoms with E-state index in [1.165, 1.54) is 30.3 Å². The number of primary sulfonamides is 1. The third-order valence-corrected chi connectivity index (χ3v) is 4.59. The fourth-order valence-corrected chi connectivity index (χ4v) is 3.19. The van der Waals surface area contributed by atoms with E-state index >= 15 is 0 Å². The van der Waals surface area contributed by atoms with Gasteiger partial charge in [-0.05, 0) is 35.9 Å². The Labute approximate surface area is 154 Å². The highest BCUT2D eigenvalue weighted by Gasteiger charge is 2.18. The molecule has 0 spiro atoms. The van der Waals surface area contributed by atoms with Gasteiger partial charge in [0.05, 0.1) is 24.5 Å². The molecule has 1 heterocycles. The number of sulfonamides is 1. The second-order valence-corrected chi connectivity index (χ2v) is 7.25. The van der Waals surface area contributed by atoms with Gasteiger partial charge >= 0.3 is 0 Å². The average molecular weight is 390 g/mol. The van der Waals surface area contributed by atoms with E-state index < -0.39 is 15.8 Å². The van der Waals surface area contributed by atoms with Crippen LogP contribution in [0.1, 0.15) is 5.56 Å². The molecule has 0 saturated heterocycles. The van der Waals surface area contributed by atoms with E-state index in [2.05, 4.69) is 10.4 Å². The first-order chi connectivity index (χ1) is 12.7. The maximum Gasteiger partial charge on any atom is 0.240 e. The molecule has 0 saturated carbocycles. The van der Waals surface area contributed by atoms with Crippen molar-refractivity contribution >= 4 is 21.6 Å². The number of benzene rings is 2. The number of halogens is 1. The van der Waals surface area contributed by atoms with Gasteiger partial charge in [-0.25, -0.2) is 22.6 Å². The largest absolute Gasteiger partial charge is 0.508 e. The summed E-state index contributed by atoms with van der Waals surface area (Å²) >= 11 is 0. The third kappa shape index (κ3) is 4.49. The molecule has 0 atom stereocenters. The zero-order valence-electron chi connectivity index (χ0n) is 13.8. The van der Waals surface area contributed by atoms with Crippen molar-refractivity contribution in [2.75, 3.05) is 5.32 Å². The van der Waals surface area contributed by atoms with Gasteiger partial charge in [-0.1, -0.05) is 12.1 Å². The monoisotopic (exact) mass is 390 g/mol. The molecule has 140 valence electrons. The molecule has 0 aliphatic carbocycles. The Morgan fingerprint density at radius 3 is 2.52 bits per heavy atom. The molecule has 0 radical (unpaired) electrons. The fraction of sp³-hybridized carbons (Fsp3) is 0.0588. The zero-order valence-corrected chi connectivity index (χ0v) is 14.6. The van der Waals surface area contributed by atoms with Crippen molar-refractivity contribution in [1.29, 1.82) is 0 Å². The summed E-state index contributed by atoms with van der Waals surface area (Å²) in [5.41, 5.74) is 0.928. The SMILES string of the molecule is NS(=O)(=O)c1cc(NC(=O)Cc2ccc(O)cc2)ccc1-n1cc(F)cn1. The van der Waals surface area contributed by atoms with E-state index in [0.717, 1.165) is 17.1 Å². The topological polar surface area (TPSA) is 127 Å². The highest BCUT2D eigenvalue weighted by atomic mass is 32.2. The maximum atomic E-state index is 13.2. The van der Waals surface area contributed by atoms with Crippen molar-refractivity contribution in [1.82, 2.24) is 9.78 Å². The number of hydrogen-bond acceptors (Lipinski definition) is 5. The lowest BCUT2D eigenvalue weighted by atomic mass is 10.1. The highest BCUT2D eigenvalue weighted by molar-refractivity contribution is 7.89. The van der Waals surface area contributed by atoms with Crippen LogP contribution in [0.2, 0.25) is 0 Å². The standard InChI is InChI=1S/C17H15FN4O4S/c18-12-9-20-22(10-12)15-6-3-13(8-16(15)27(19,25)26)21-17(24)7-11-1-4-14(23)5-2-11/h1-6,8-10,23H,7H2,(H,21,24)(H2,19,25,26). The van der Waals surface area contributed by atoms with Crippen molar-refractivity contribution in [3.8, 4) is 11.4 Å². The summed E-state index contributed by atoms with van der Waals surface area (Å²) < 4.78 is 38.0. The number of nitrogens with one attached hydrogen (secondary N) is 1. The van der Waals surface area contributed by atoms with E-state index in [1.807, 2.05) is 0 Å². The molecule has 1 amide bonds. The van der Waals surface area contributed by atoms with Crippen LogP contribution >= 0.6 is 0 Å². The molecule has 0 unspecified atom stereocenters. The molecule has 0 fully saturated rings. The number of nitrogens with two attached hydrogens (primary N) is 1. The number of phenols is 1. The molecular weight excluding hydrogens is 375 g/mol. The number of phenolic OH excluding ortho intramolecular Hbond substituents is 1. The summed E-state index contributed by atoms with van der Waals surface area (Å²) in [6.45, 7) is 0. The maximum absolute atomic E-state index is 13.2. The lowest BCUT2D eigenvalue weighted by Crippen LogP contribution is -2.18. The predicted octanol–water partition coefficient (Wildman–Crippen LogP) is 1.55. The first-order valence-electron chi connectivity index (χ1n) is 7.67. The van der Waals surface area contributed by atoms with Crippen LogP contribution in [0.15, 0.2) is 59.8 Å². The van der Waals surface area contributed by atoms with Crippen LogP contribution in [0.3, 0.4) is 0 Å². The number of rotatable bonds is 5. The number of hydrogen-bond donors (Lipinski definition) is 3. The summed E-state index contributed by atoms with van der Waals surface area (Å²) in [6, 6.07) is 10.1. The minimum atomic E-state index is -4.16. The van der Waals surface area contributed by atoms with Crippen LogP contribution in [0.4, 0.5) is 10.1 Å². The van der Waals surface area contributed by atoms with Gasteiger partial charge in [0.25, 0.3) is 0 Å². The van der Waals surface area contributed by atoms with E-state index in [-0.39, 0.29) is 34.3 Å². The van der Waals surface area contributed by atoms with Gasteiger partial charge in [-0.2, -0.15) is 5.10 Å². The molecule has 27 heavy (non-hydrogen) atoms. The molecule has 0 bridgehead atoms. The summed E-state index contributed by atoms with van der Waals surface area (Å²) in [5.74, 6) is -0.941. The molecular formula is C17H15FN4O4S. The molecule has 8 nitrogen and oxygen atoms in total. The van der Waals surface area contributed by atoms with Crippen molar-refractivity contribution in [2.45, 2.75) is 11.3 Å². The molecule has 3 rings (SSSR count). The third-order valence-electron chi connectivity index (χ3n) is 3.65. The summed E-state index contributed by atoms with van der Waals surface area (Å²) in [4.78, 5) is 11.9. The Bertz CT molecular complexity index is 1090. The fourth-order valence-electron chi connectivity index (χ4n) is 2.45. The Kier molecular flexibility index (Phi) is 4.93. The number of anilines is 1. The Hall–Kier alpha value is -3.24. The van der Waals surface area contributed by atoms with E-state index in [1.54, 1.807) is 12.1 Å². The van der Waals surface area contributed by atoms with Gasteiger partial charge in [0.15, 0.2) is 5.82 Å². The van der Waals surface area contributed by atoms with Crippen molar-refractivity contribution < 1.29 is 22.7 Å². The van der Waals surface area contributed by atoms with Gasteiger partial charge < -0.3 is 10.4 Å². The van der Waals surface area contributed by atoms with Crippen LogP contribution in [-0.2, 0) is 21.2 Å². The number of aromatic nitrogens is 2. The first kappa shape index (κ1) is 18.5. The first-order valence-corrected chi connectivity index (χ1v) is 9.22. The van der Waals surface area contributed by atoms with E-state index in [0.29, 0.717) is 5.56 Å². The number of carbonyl (C=O) groups is 1. The Morgan fingerprint density at radius 2 is 1.93 bits per heavy atom. The van der Waals surface area contributed by atoms with Crippen LogP contribution in [0.5, 0.6) is 5.75 Å². The van der Waals surface area contributed by atoms with Gasteiger partial charge in [-0.3, -0.25) is 4.79 Å². The van der Waals surface area contributed by atoms with Crippen molar-refractivity contribution in [2.24, 2.45) is 5.14 Å². The quantitative estimate of drug-likeness (QED) is 0.609. The van der Waals surface area contributed by atoms with Gasteiger partial charge in [-0.15, -0.1) is 0 Å². The number of carbonyl (C=O) groups excluding carboxylic acids is 1. The Morgan fingerprint density at radius 1 is 1.22 bits per heavy atom. The predicted molar refractivity (Wildman–Crippen MR) is 95.3 cm³/mol. The molecule has 0 aliphatic rings. The summed E-state index contributed by atoms with van der Waals surface area (Å²) in [5, 5.41) is 20.8. The molecule has 0 aliphatic heterocycles.